The smallest absolute Gasteiger partial charge is 0.410 e. The number of likely N-dealkylation sites (tertiary alicyclic amines) is 1. The molecule has 2 atom stereocenters. The number of carbonyl (C=O) groups is 3. The average Bonchev–Trinajstić information content (AvgIpc) is 3.59. The number of ether oxygens (including phenoxy) is 2. The minimum atomic E-state index is -1.74. The number of aliphatic hydroxyl groups excluding tert-OH is 1. The molecule has 0 saturated carbocycles. The van der Waals surface area contributed by atoms with E-state index in [1.807, 2.05) is 36.4 Å². The summed E-state index contributed by atoms with van der Waals surface area (Å²) in [4.78, 5) is 41.0. The van der Waals surface area contributed by atoms with E-state index in [4.69, 9.17) is 21.1 Å². The van der Waals surface area contributed by atoms with E-state index in [0.29, 0.717) is 30.0 Å². The number of nitrogens with one attached hydrogen (secondary N) is 1. The first-order valence-corrected chi connectivity index (χ1v) is 13.6. The van der Waals surface area contributed by atoms with Crippen molar-refractivity contribution < 1.29 is 29.0 Å². The number of fused-ring (bicyclic) bond motifs is 3. The van der Waals surface area contributed by atoms with Crippen molar-refractivity contribution >= 4 is 29.6 Å². The number of nitrogens with zero attached hydrogens (tertiary/aromatic N) is 1. The number of esters is 1. The summed E-state index contributed by atoms with van der Waals surface area (Å²) in [7, 11) is 1.19. The van der Waals surface area contributed by atoms with Gasteiger partial charge in [-0.2, -0.15) is 0 Å². The maximum Gasteiger partial charge on any atom is 0.410 e. The number of rotatable bonds is 8. The summed E-state index contributed by atoms with van der Waals surface area (Å²) in [5.74, 6) is -1.47. The van der Waals surface area contributed by atoms with Gasteiger partial charge < -0.3 is 19.9 Å². The Morgan fingerprint density at radius 1 is 1.02 bits per heavy atom. The summed E-state index contributed by atoms with van der Waals surface area (Å²) >= 11 is 6.10. The Labute approximate surface area is 237 Å². The molecule has 3 aromatic carbocycles. The lowest BCUT2D eigenvalue weighted by Crippen LogP contribution is -2.62. The van der Waals surface area contributed by atoms with Gasteiger partial charge in [-0.05, 0) is 52.8 Å². The fraction of sp³-hybridized carbons (Fsp3) is 0.323. The highest BCUT2D eigenvalue weighted by molar-refractivity contribution is 6.30. The molecule has 1 aliphatic heterocycles. The Bertz CT molecular complexity index is 1380. The highest BCUT2D eigenvalue weighted by Crippen LogP contribution is 2.44. The molecule has 2 N–H and O–H groups in total. The number of hydrogen-bond donors (Lipinski definition) is 2. The van der Waals surface area contributed by atoms with Gasteiger partial charge in [-0.3, -0.25) is 9.69 Å². The Hall–Kier alpha value is -3.88. The molecule has 0 bridgehead atoms. The third kappa shape index (κ3) is 5.29. The molecule has 0 aromatic heterocycles. The Kier molecular flexibility index (Phi) is 8.09. The summed E-state index contributed by atoms with van der Waals surface area (Å²) in [6.07, 6.45) is 0.360. The minimum absolute atomic E-state index is 0.0415. The van der Waals surface area contributed by atoms with Crippen LogP contribution in [0.25, 0.3) is 11.1 Å². The number of benzene rings is 3. The maximum absolute atomic E-state index is 13.5. The first kappa shape index (κ1) is 27.7. The second-order valence-electron chi connectivity index (χ2n) is 10.2. The van der Waals surface area contributed by atoms with Gasteiger partial charge in [0.05, 0.1) is 13.7 Å². The molecule has 1 heterocycles. The molecule has 208 valence electrons. The Morgan fingerprint density at radius 3 is 2.33 bits per heavy atom. The molecule has 40 heavy (non-hydrogen) atoms. The summed E-state index contributed by atoms with van der Waals surface area (Å²) in [6.45, 7) is -0.224. The van der Waals surface area contributed by atoms with Crippen LogP contribution in [-0.2, 0) is 25.5 Å². The predicted octanol–water partition coefficient (Wildman–Crippen LogP) is 4.32. The monoisotopic (exact) mass is 562 g/mol. The van der Waals surface area contributed by atoms with Crippen LogP contribution >= 0.6 is 11.6 Å². The van der Waals surface area contributed by atoms with Crippen LogP contribution < -0.4 is 5.32 Å². The van der Waals surface area contributed by atoms with Crippen molar-refractivity contribution in [2.45, 2.75) is 36.8 Å². The standard InChI is InChI=1S/C31H31ClN2O6/c1-39-29(37)31(19-35,17-20-8-6-9-21(32)16-20)33-28(36)27-14-7-15-34(27)30(38)40-18-26-24-12-4-2-10-22(24)23-11-3-5-13-25(23)26/h2-6,8-13,16,26-27,35H,7,14-15,17-19H2,1H3,(H,33,36)/t27-,31+/m0/s1. The highest BCUT2D eigenvalue weighted by atomic mass is 35.5. The number of aliphatic hydroxyl groups is 1. The van der Waals surface area contributed by atoms with Gasteiger partial charge >= 0.3 is 12.1 Å². The third-order valence-electron chi connectivity index (χ3n) is 7.73. The zero-order valence-corrected chi connectivity index (χ0v) is 22.9. The first-order chi connectivity index (χ1) is 19.4. The molecule has 2 aliphatic rings. The van der Waals surface area contributed by atoms with Crippen molar-refractivity contribution in [1.82, 2.24) is 10.2 Å². The number of halogens is 1. The number of hydrogen-bond acceptors (Lipinski definition) is 6. The van der Waals surface area contributed by atoms with Crippen LogP contribution in [0.15, 0.2) is 72.8 Å². The van der Waals surface area contributed by atoms with Crippen molar-refractivity contribution in [3.8, 4) is 11.1 Å². The molecule has 3 aromatic rings. The summed E-state index contributed by atoms with van der Waals surface area (Å²) < 4.78 is 10.7. The molecule has 2 amide bonds. The van der Waals surface area contributed by atoms with Crippen molar-refractivity contribution in [1.29, 1.82) is 0 Å². The maximum atomic E-state index is 13.5. The van der Waals surface area contributed by atoms with E-state index < -0.39 is 36.2 Å². The summed E-state index contributed by atoms with van der Waals surface area (Å²) in [5.41, 5.74) is 3.33. The lowest BCUT2D eigenvalue weighted by molar-refractivity contribution is -0.153. The molecule has 0 unspecified atom stereocenters. The van der Waals surface area contributed by atoms with Crippen LogP contribution in [0, 0.1) is 0 Å². The molecule has 5 rings (SSSR count). The topological polar surface area (TPSA) is 105 Å². The van der Waals surface area contributed by atoms with Gasteiger partial charge in [0, 0.05) is 23.9 Å². The van der Waals surface area contributed by atoms with E-state index in [1.54, 1.807) is 24.3 Å². The lowest BCUT2D eigenvalue weighted by Gasteiger charge is -2.33. The zero-order chi connectivity index (χ0) is 28.3. The SMILES string of the molecule is COC(=O)[C@](CO)(Cc1cccc(Cl)c1)NC(=O)[C@@H]1CCCN1C(=O)OCC1c2ccccc2-c2ccccc21. The second kappa shape index (κ2) is 11.7. The van der Waals surface area contributed by atoms with Crippen LogP contribution in [0.4, 0.5) is 4.79 Å². The van der Waals surface area contributed by atoms with Crippen molar-refractivity contribution in [3.63, 3.8) is 0 Å². The van der Waals surface area contributed by atoms with Crippen LogP contribution in [0.3, 0.4) is 0 Å². The van der Waals surface area contributed by atoms with Gasteiger partial charge in [-0.1, -0.05) is 72.3 Å². The third-order valence-corrected chi connectivity index (χ3v) is 7.96. The van der Waals surface area contributed by atoms with Crippen LogP contribution in [0.2, 0.25) is 5.02 Å². The molecule has 0 radical (unpaired) electrons. The van der Waals surface area contributed by atoms with Gasteiger partial charge in [0.15, 0.2) is 5.54 Å². The highest BCUT2D eigenvalue weighted by Gasteiger charge is 2.45. The van der Waals surface area contributed by atoms with Crippen molar-refractivity contribution in [2.24, 2.45) is 0 Å². The van der Waals surface area contributed by atoms with E-state index in [-0.39, 0.29) is 18.9 Å². The quantitative estimate of drug-likeness (QED) is 0.396. The minimum Gasteiger partial charge on any atom is -0.467 e. The van der Waals surface area contributed by atoms with E-state index >= 15 is 0 Å². The van der Waals surface area contributed by atoms with Crippen LogP contribution in [-0.4, -0.2) is 66.4 Å². The largest absolute Gasteiger partial charge is 0.467 e. The average molecular weight is 563 g/mol. The number of carbonyl (C=O) groups excluding carboxylic acids is 3. The molecular weight excluding hydrogens is 532 g/mol. The van der Waals surface area contributed by atoms with Crippen LogP contribution in [0.5, 0.6) is 0 Å². The second-order valence-corrected chi connectivity index (χ2v) is 10.6. The van der Waals surface area contributed by atoms with E-state index in [0.717, 1.165) is 22.3 Å². The number of methoxy groups -OCH3 is 1. The summed E-state index contributed by atoms with van der Waals surface area (Å²) in [6, 6.07) is 22.1. The van der Waals surface area contributed by atoms with E-state index in [1.165, 1.54) is 12.0 Å². The molecular formula is C31H31ClN2O6. The van der Waals surface area contributed by atoms with Crippen molar-refractivity contribution in [2.75, 3.05) is 26.9 Å². The van der Waals surface area contributed by atoms with E-state index in [2.05, 4.69) is 17.4 Å². The fourth-order valence-electron chi connectivity index (χ4n) is 5.77. The van der Waals surface area contributed by atoms with Gasteiger partial charge in [-0.15, -0.1) is 0 Å². The predicted molar refractivity (Wildman–Crippen MR) is 150 cm³/mol. The zero-order valence-electron chi connectivity index (χ0n) is 22.1. The van der Waals surface area contributed by atoms with Crippen molar-refractivity contribution in [3.05, 3.63) is 94.5 Å². The molecule has 1 aliphatic carbocycles. The molecule has 1 fully saturated rings. The molecule has 8 nitrogen and oxygen atoms in total. The van der Waals surface area contributed by atoms with Gasteiger partial charge in [0.2, 0.25) is 5.91 Å². The van der Waals surface area contributed by atoms with Gasteiger partial charge in [0.1, 0.15) is 12.6 Å². The first-order valence-electron chi connectivity index (χ1n) is 13.2. The van der Waals surface area contributed by atoms with Gasteiger partial charge in [-0.25, -0.2) is 9.59 Å². The molecule has 0 spiro atoms. The summed E-state index contributed by atoms with van der Waals surface area (Å²) in [5, 5.41) is 13.4. The molecule has 9 heteroatoms. The van der Waals surface area contributed by atoms with Gasteiger partial charge in [0.25, 0.3) is 0 Å². The van der Waals surface area contributed by atoms with E-state index in [9.17, 15) is 19.5 Å². The Balaban J connectivity index is 1.30. The Morgan fingerprint density at radius 2 is 1.70 bits per heavy atom. The van der Waals surface area contributed by atoms with Crippen LogP contribution in [0.1, 0.15) is 35.4 Å². The fourth-order valence-corrected chi connectivity index (χ4v) is 5.98. The lowest BCUT2D eigenvalue weighted by atomic mass is 9.90. The molecule has 1 saturated heterocycles. The number of amides is 2. The normalized spacial score (nSPS) is 17.5.